The molecule has 0 unspecified atom stereocenters. The van der Waals surface area contributed by atoms with Gasteiger partial charge in [-0.25, -0.2) is 4.98 Å². The SMILES string of the molecule is Cc1ncc(CNc2nc(N)nc(OC(C)C)n2)s1. The Hall–Kier alpha value is -1.96. The molecule has 3 N–H and O–H groups in total. The summed E-state index contributed by atoms with van der Waals surface area (Å²) in [5.41, 5.74) is 5.62. The summed E-state index contributed by atoms with van der Waals surface area (Å²) in [4.78, 5) is 17.4. The number of nitrogens with zero attached hydrogens (tertiary/aromatic N) is 4. The van der Waals surface area contributed by atoms with Crippen LogP contribution in [0.2, 0.25) is 0 Å². The second-order valence-corrected chi connectivity index (χ2v) is 5.48. The van der Waals surface area contributed by atoms with Gasteiger partial charge in [0.1, 0.15) is 0 Å². The van der Waals surface area contributed by atoms with E-state index in [0.717, 1.165) is 9.88 Å². The van der Waals surface area contributed by atoms with E-state index in [1.54, 1.807) is 11.3 Å². The van der Waals surface area contributed by atoms with Crippen LogP contribution in [0.5, 0.6) is 6.01 Å². The van der Waals surface area contributed by atoms with Gasteiger partial charge in [0.25, 0.3) is 0 Å². The van der Waals surface area contributed by atoms with E-state index < -0.39 is 0 Å². The first-order valence-electron chi connectivity index (χ1n) is 5.86. The molecule has 0 aliphatic rings. The van der Waals surface area contributed by atoms with Crippen molar-refractivity contribution >= 4 is 23.2 Å². The predicted octanol–water partition coefficient (Wildman–Crippen LogP) is 1.62. The fourth-order valence-electron chi connectivity index (χ4n) is 1.37. The Labute approximate surface area is 115 Å². The minimum absolute atomic E-state index is 0.0150. The van der Waals surface area contributed by atoms with Crippen molar-refractivity contribution in [2.45, 2.75) is 33.4 Å². The van der Waals surface area contributed by atoms with Gasteiger partial charge in [0.15, 0.2) is 0 Å². The van der Waals surface area contributed by atoms with Crippen LogP contribution in [0.4, 0.5) is 11.9 Å². The fraction of sp³-hybridized carbons (Fsp3) is 0.455. The van der Waals surface area contributed by atoms with Gasteiger partial charge in [-0.3, -0.25) is 0 Å². The second kappa shape index (κ2) is 5.79. The van der Waals surface area contributed by atoms with Gasteiger partial charge in [-0.2, -0.15) is 15.0 Å². The lowest BCUT2D eigenvalue weighted by Gasteiger charge is -2.09. The van der Waals surface area contributed by atoms with Crippen LogP contribution in [0.25, 0.3) is 0 Å². The molecule has 0 radical (unpaired) electrons. The van der Waals surface area contributed by atoms with Crippen molar-refractivity contribution in [3.8, 4) is 6.01 Å². The molecule has 0 saturated heterocycles. The minimum Gasteiger partial charge on any atom is -0.461 e. The molecule has 102 valence electrons. The lowest BCUT2D eigenvalue weighted by molar-refractivity contribution is 0.222. The number of hydrogen-bond donors (Lipinski definition) is 2. The monoisotopic (exact) mass is 280 g/mol. The number of rotatable bonds is 5. The molecule has 0 aromatic carbocycles. The third-order valence-corrected chi connectivity index (χ3v) is 2.98. The van der Waals surface area contributed by atoms with Crippen molar-refractivity contribution in [1.82, 2.24) is 19.9 Å². The summed E-state index contributed by atoms with van der Waals surface area (Å²) in [5, 5.41) is 4.10. The van der Waals surface area contributed by atoms with E-state index in [0.29, 0.717) is 12.5 Å². The fourth-order valence-corrected chi connectivity index (χ4v) is 2.10. The Morgan fingerprint density at radius 1 is 1.37 bits per heavy atom. The molecule has 0 aliphatic carbocycles. The molecule has 0 spiro atoms. The van der Waals surface area contributed by atoms with E-state index in [1.807, 2.05) is 27.0 Å². The molecule has 2 aromatic rings. The van der Waals surface area contributed by atoms with Gasteiger partial charge in [0.05, 0.1) is 17.7 Å². The first kappa shape index (κ1) is 13.5. The molecule has 2 aromatic heterocycles. The standard InChI is InChI=1S/C11H16N6OS/c1-6(2)18-11-16-9(12)15-10(17-11)14-5-8-4-13-7(3)19-8/h4,6H,5H2,1-3H3,(H3,12,14,15,16,17). The van der Waals surface area contributed by atoms with Crippen LogP contribution in [-0.2, 0) is 6.54 Å². The highest BCUT2D eigenvalue weighted by atomic mass is 32.1. The van der Waals surface area contributed by atoms with Crippen LogP contribution in [0, 0.1) is 6.92 Å². The summed E-state index contributed by atoms with van der Waals surface area (Å²) < 4.78 is 5.40. The molecule has 0 aliphatic heterocycles. The molecule has 8 heteroatoms. The highest BCUT2D eigenvalue weighted by molar-refractivity contribution is 7.11. The van der Waals surface area contributed by atoms with Crippen LogP contribution in [-0.4, -0.2) is 26.0 Å². The Morgan fingerprint density at radius 3 is 2.79 bits per heavy atom. The Bertz CT molecular complexity index is 556. The minimum atomic E-state index is -0.0150. The summed E-state index contributed by atoms with van der Waals surface area (Å²) in [6.45, 7) is 6.35. The van der Waals surface area contributed by atoms with Crippen molar-refractivity contribution in [2.24, 2.45) is 0 Å². The number of aryl methyl sites for hydroxylation is 1. The molecular formula is C11H16N6OS. The molecule has 0 bridgehead atoms. The zero-order chi connectivity index (χ0) is 13.8. The average molecular weight is 280 g/mol. The molecule has 0 atom stereocenters. The number of hydrogen-bond acceptors (Lipinski definition) is 8. The van der Waals surface area contributed by atoms with Gasteiger partial charge < -0.3 is 15.8 Å². The topological polar surface area (TPSA) is 98.8 Å². The second-order valence-electron chi connectivity index (χ2n) is 4.17. The van der Waals surface area contributed by atoms with Crippen molar-refractivity contribution in [3.63, 3.8) is 0 Å². The summed E-state index contributed by atoms with van der Waals surface area (Å²) in [6, 6.07) is 0.227. The summed E-state index contributed by atoms with van der Waals surface area (Å²) in [6.07, 6.45) is 1.81. The van der Waals surface area contributed by atoms with Gasteiger partial charge in [0, 0.05) is 11.1 Å². The maximum atomic E-state index is 5.62. The van der Waals surface area contributed by atoms with E-state index in [2.05, 4.69) is 25.3 Å². The van der Waals surface area contributed by atoms with Crippen molar-refractivity contribution in [2.75, 3.05) is 11.1 Å². The number of ether oxygens (including phenoxy) is 1. The van der Waals surface area contributed by atoms with Crippen LogP contribution < -0.4 is 15.8 Å². The van der Waals surface area contributed by atoms with E-state index in [-0.39, 0.29) is 18.1 Å². The van der Waals surface area contributed by atoms with Crippen LogP contribution in [0.1, 0.15) is 23.7 Å². The number of nitrogens with two attached hydrogens (primary N) is 1. The summed E-state index contributed by atoms with van der Waals surface area (Å²) >= 11 is 1.62. The molecule has 0 fully saturated rings. The van der Waals surface area contributed by atoms with Crippen molar-refractivity contribution in [1.29, 1.82) is 0 Å². The molecule has 0 saturated carbocycles. The normalized spacial score (nSPS) is 10.7. The molecule has 19 heavy (non-hydrogen) atoms. The summed E-state index contributed by atoms with van der Waals surface area (Å²) in [5.74, 6) is 0.530. The molecular weight excluding hydrogens is 264 g/mol. The van der Waals surface area contributed by atoms with Gasteiger partial charge in [0.2, 0.25) is 11.9 Å². The highest BCUT2D eigenvalue weighted by Gasteiger charge is 2.07. The smallest absolute Gasteiger partial charge is 0.323 e. The van der Waals surface area contributed by atoms with Crippen LogP contribution in [0.15, 0.2) is 6.20 Å². The van der Waals surface area contributed by atoms with Gasteiger partial charge >= 0.3 is 6.01 Å². The van der Waals surface area contributed by atoms with Gasteiger partial charge in [-0.05, 0) is 20.8 Å². The van der Waals surface area contributed by atoms with E-state index in [9.17, 15) is 0 Å². The molecule has 2 rings (SSSR count). The third kappa shape index (κ3) is 4.02. The molecule has 2 heterocycles. The van der Waals surface area contributed by atoms with Crippen LogP contribution in [0.3, 0.4) is 0 Å². The van der Waals surface area contributed by atoms with Crippen molar-refractivity contribution in [3.05, 3.63) is 16.1 Å². The Morgan fingerprint density at radius 2 is 2.16 bits per heavy atom. The zero-order valence-electron chi connectivity index (χ0n) is 11.0. The number of anilines is 2. The first-order chi connectivity index (χ1) is 9.02. The number of aromatic nitrogens is 4. The number of thiazole rings is 1. The molecule has 7 nitrogen and oxygen atoms in total. The predicted molar refractivity (Wildman–Crippen MR) is 74.2 cm³/mol. The summed E-state index contributed by atoms with van der Waals surface area (Å²) in [7, 11) is 0. The quantitative estimate of drug-likeness (QED) is 0.858. The maximum absolute atomic E-state index is 5.62. The first-order valence-corrected chi connectivity index (χ1v) is 6.68. The third-order valence-electron chi connectivity index (χ3n) is 2.06. The maximum Gasteiger partial charge on any atom is 0.323 e. The van der Waals surface area contributed by atoms with E-state index >= 15 is 0 Å². The average Bonchev–Trinajstić information content (AvgIpc) is 2.71. The number of nitrogens with one attached hydrogen (secondary N) is 1. The largest absolute Gasteiger partial charge is 0.461 e. The molecule has 0 amide bonds. The number of nitrogen functional groups attached to an aromatic ring is 1. The lowest BCUT2D eigenvalue weighted by Crippen LogP contribution is -2.12. The zero-order valence-corrected chi connectivity index (χ0v) is 11.9. The van der Waals surface area contributed by atoms with Gasteiger partial charge in [-0.15, -0.1) is 11.3 Å². The van der Waals surface area contributed by atoms with Gasteiger partial charge in [-0.1, -0.05) is 0 Å². The van der Waals surface area contributed by atoms with E-state index in [4.69, 9.17) is 10.5 Å². The Kier molecular flexibility index (Phi) is 4.10. The van der Waals surface area contributed by atoms with Crippen molar-refractivity contribution < 1.29 is 4.74 Å². The van der Waals surface area contributed by atoms with Crippen LogP contribution >= 0.6 is 11.3 Å². The highest BCUT2D eigenvalue weighted by Crippen LogP contribution is 2.14. The lowest BCUT2D eigenvalue weighted by atomic mass is 10.5. The Balaban J connectivity index is 2.05. The van der Waals surface area contributed by atoms with E-state index in [1.165, 1.54) is 0 Å².